The summed E-state index contributed by atoms with van der Waals surface area (Å²) in [7, 11) is 0. The fourth-order valence-electron chi connectivity index (χ4n) is 3.77. The van der Waals surface area contributed by atoms with Crippen LogP contribution < -0.4 is 10.6 Å². The highest BCUT2D eigenvalue weighted by molar-refractivity contribution is 7.16. The lowest BCUT2D eigenvalue weighted by Crippen LogP contribution is -2.42. The maximum Gasteiger partial charge on any atom is 0.223 e. The van der Waals surface area contributed by atoms with E-state index in [-0.39, 0.29) is 29.7 Å². The highest BCUT2D eigenvalue weighted by atomic mass is 35.5. The maximum atomic E-state index is 12.3. The molecular weight excluding hydrogens is 344 g/mol. The van der Waals surface area contributed by atoms with Gasteiger partial charge in [-0.3, -0.25) is 9.59 Å². The summed E-state index contributed by atoms with van der Waals surface area (Å²) in [4.78, 5) is 25.6. The Morgan fingerprint density at radius 1 is 1.00 bits per heavy atom. The van der Waals surface area contributed by atoms with Gasteiger partial charge < -0.3 is 10.6 Å². The molecule has 0 bridgehead atoms. The Morgan fingerprint density at radius 3 is 2.29 bits per heavy atom. The van der Waals surface area contributed by atoms with Crippen LogP contribution in [0.15, 0.2) is 12.1 Å². The molecule has 0 unspecified atom stereocenters. The predicted octanol–water partition coefficient (Wildman–Crippen LogP) is 3.88. The van der Waals surface area contributed by atoms with Gasteiger partial charge in [-0.15, -0.1) is 11.3 Å². The van der Waals surface area contributed by atoms with Crippen molar-refractivity contribution in [3.05, 3.63) is 21.3 Å². The third-order valence-corrected chi connectivity index (χ3v) is 6.47. The van der Waals surface area contributed by atoms with Crippen LogP contribution in [0, 0.1) is 11.8 Å². The average molecular weight is 369 g/mol. The first-order valence-electron chi connectivity index (χ1n) is 8.94. The number of hydrogen-bond acceptors (Lipinski definition) is 3. The van der Waals surface area contributed by atoms with Crippen molar-refractivity contribution in [2.45, 2.75) is 64.0 Å². The average Bonchev–Trinajstić information content (AvgIpc) is 3.25. The van der Waals surface area contributed by atoms with Crippen LogP contribution in [0.3, 0.4) is 0 Å². The van der Waals surface area contributed by atoms with Gasteiger partial charge in [-0.2, -0.15) is 0 Å². The summed E-state index contributed by atoms with van der Waals surface area (Å²) in [6, 6.07) is 4.05. The molecule has 1 aromatic rings. The van der Waals surface area contributed by atoms with E-state index in [9.17, 15) is 9.59 Å². The molecule has 0 radical (unpaired) electrons. The van der Waals surface area contributed by atoms with E-state index in [1.165, 1.54) is 24.2 Å². The summed E-state index contributed by atoms with van der Waals surface area (Å²) in [5.41, 5.74) is 0. The molecule has 3 rings (SSSR count). The first kappa shape index (κ1) is 17.7. The molecule has 2 N–H and O–H groups in total. The van der Waals surface area contributed by atoms with Crippen LogP contribution in [0.2, 0.25) is 4.34 Å². The largest absolute Gasteiger partial charge is 0.353 e. The first-order chi connectivity index (χ1) is 11.6. The van der Waals surface area contributed by atoms with E-state index < -0.39 is 0 Å². The molecule has 24 heavy (non-hydrogen) atoms. The zero-order valence-electron chi connectivity index (χ0n) is 13.9. The second-order valence-corrected chi connectivity index (χ2v) is 8.76. The standard InChI is InChI=1S/C18H25ClN2O2S/c19-16-10-9-15(24-16)11-20-17(22)13-5-7-14(8-6-13)21-18(23)12-3-1-2-4-12/h9-10,12-14H,1-8,11H2,(H,20,22)(H,21,23). The number of hydrogen-bond donors (Lipinski definition) is 2. The van der Waals surface area contributed by atoms with E-state index in [4.69, 9.17) is 11.6 Å². The third kappa shape index (κ3) is 4.73. The zero-order chi connectivity index (χ0) is 16.9. The number of carbonyl (C=O) groups is 2. The van der Waals surface area contributed by atoms with Gasteiger partial charge in [0, 0.05) is 22.8 Å². The Labute approximate surface area is 152 Å². The Bertz CT molecular complexity index is 575. The van der Waals surface area contributed by atoms with Gasteiger partial charge in [-0.05, 0) is 50.7 Å². The molecule has 2 aliphatic carbocycles. The highest BCUT2D eigenvalue weighted by Gasteiger charge is 2.29. The van der Waals surface area contributed by atoms with Crippen LogP contribution in [-0.2, 0) is 16.1 Å². The number of nitrogens with one attached hydrogen (secondary N) is 2. The van der Waals surface area contributed by atoms with Crippen LogP contribution in [-0.4, -0.2) is 17.9 Å². The minimum atomic E-state index is 0.0695. The Morgan fingerprint density at radius 2 is 1.67 bits per heavy atom. The third-order valence-electron chi connectivity index (χ3n) is 5.24. The SMILES string of the molecule is O=C(NCc1ccc(Cl)s1)C1CCC(NC(=O)C2CCCC2)CC1. The number of rotatable bonds is 5. The van der Waals surface area contributed by atoms with Gasteiger partial charge in [0.2, 0.25) is 11.8 Å². The molecule has 2 fully saturated rings. The van der Waals surface area contributed by atoms with E-state index in [0.717, 1.165) is 47.7 Å². The Kier molecular flexibility index (Phi) is 6.17. The van der Waals surface area contributed by atoms with Gasteiger partial charge in [0.15, 0.2) is 0 Å². The summed E-state index contributed by atoms with van der Waals surface area (Å²) in [6.07, 6.45) is 7.95. The second-order valence-electron chi connectivity index (χ2n) is 6.96. The summed E-state index contributed by atoms with van der Waals surface area (Å²) in [6.45, 7) is 0.550. The monoisotopic (exact) mass is 368 g/mol. The molecule has 0 atom stereocenters. The van der Waals surface area contributed by atoms with Crippen molar-refractivity contribution in [3.8, 4) is 0 Å². The number of carbonyl (C=O) groups excluding carboxylic acids is 2. The van der Waals surface area contributed by atoms with Crippen molar-refractivity contribution in [2.24, 2.45) is 11.8 Å². The number of amides is 2. The quantitative estimate of drug-likeness (QED) is 0.828. The van der Waals surface area contributed by atoms with E-state index in [1.54, 1.807) is 0 Å². The number of halogens is 1. The fourth-order valence-corrected chi connectivity index (χ4v) is 4.80. The van der Waals surface area contributed by atoms with Gasteiger partial charge in [-0.25, -0.2) is 0 Å². The van der Waals surface area contributed by atoms with Gasteiger partial charge in [0.05, 0.1) is 10.9 Å². The smallest absolute Gasteiger partial charge is 0.223 e. The minimum Gasteiger partial charge on any atom is -0.353 e. The zero-order valence-corrected chi connectivity index (χ0v) is 15.4. The van der Waals surface area contributed by atoms with E-state index in [0.29, 0.717) is 6.54 Å². The molecule has 2 saturated carbocycles. The molecule has 4 nitrogen and oxygen atoms in total. The van der Waals surface area contributed by atoms with Crippen LogP contribution in [0.1, 0.15) is 56.2 Å². The molecule has 0 saturated heterocycles. The molecule has 6 heteroatoms. The lowest BCUT2D eigenvalue weighted by molar-refractivity contribution is -0.126. The first-order valence-corrected chi connectivity index (χ1v) is 10.1. The van der Waals surface area contributed by atoms with E-state index >= 15 is 0 Å². The molecule has 1 aromatic heterocycles. The Balaban J connectivity index is 1.38. The van der Waals surface area contributed by atoms with Crippen molar-refractivity contribution in [2.75, 3.05) is 0 Å². The number of thiophene rings is 1. The van der Waals surface area contributed by atoms with Gasteiger partial charge in [0.25, 0.3) is 0 Å². The summed E-state index contributed by atoms with van der Waals surface area (Å²) >= 11 is 7.40. The summed E-state index contributed by atoms with van der Waals surface area (Å²) in [5, 5.41) is 6.21. The lowest BCUT2D eigenvalue weighted by atomic mass is 9.85. The van der Waals surface area contributed by atoms with E-state index in [1.807, 2.05) is 12.1 Å². The molecular formula is C18H25ClN2O2S. The molecule has 0 spiro atoms. The van der Waals surface area contributed by atoms with E-state index in [2.05, 4.69) is 10.6 Å². The van der Waals surface area contributed by atoms with Gasteiger partial charge in [-0.1, -0.05) is 24.4 Å². The van der Waals surface area contributed by atoms with Crippen LogP contribution in [0.4, 0.5) is 0 Å². The molecule has 1 heterocycles. The minimum absolute atomic E-state index is 0.0695. The highest BCUT2D eigenvalue weighted by Crippen LogP contribution is 2.28. The molecule has 0 aromatic carbocycles. The topological polar surface area (TPSA) is 58.2 Å². The van der Waals surface area contributed by atoms with Crippen molar-refractivity contribution in [1.82, 2.24) is 10.6 Å². The van der Waals surface area contributed by atoms with Gasteiger partial charge >= 0.3 is 0 Å². The predicted molar refractivity (Wildman–Crippen MR) is 97.0 cm³/mol. The van der Waals surface area contributed by atoms with Crippen LogP contribution in [0.25, 0.3) is 0 Å². The summed E-state index contributed by atoms with van der Waals surface area (Å²) in [5.74, 6) is 0.652. The Hall–Kier alpha value is -1.07. The lowest BCUT2D eigenvalue weighted by Gasteiger charge is -2.29. The van der Waals surface area contributed by atoms with Crippen molar-refractivity contribution < 1.29 is 9.59 Å². The normalized spacial score (nSPS) is 24.7. The molecule has 0 aliphatic heterocycles. The molecule has 2 amide bonds. The van der Waals surface area contributed by atoms with Crippen molar-refractivity contribution in [1.29, 1.82) is 0 Å². The maximum absolute atomic E-state index is 12.3. The summed E-state index contributed by atoms with van der Waals surface area (Å²) < 4.78 is 0.748. The van der Waals surface area contributed by atoms with Crippen LogP contribution >= 0.6 is 22.9 Å². The van der Waals surface area contributed by atoms with Crippen LogP contribution in [0.5, 0.6) is 0 Å². The fraction of sp³-hybridized carbons (Fsp3) is 0.667. The second kappa shape index (κ2) is 8.34. The van der Waals surface area contributed by atoms with Crippen molar-refractivity contribution in [3.63, 3.8) is 0 Å². The van der Waals surface area contributed by atoms with Gasteiger partial charge in [0.1, 0.15) is 0 Å². The molecule has 2 aliphatic rings. The molecule has 132 valence electrons. The van der Waals surface area contributed by atoms with Crippen molar-refractivity contribution >= 4 is 34.8 Å².